The summed E-state index contributed by atoms with van der Waals surface area (Å²) >= 11 is 0. The Labute approximate surface area is 151 Å². The van der Waals surface area contributed by atoms with Gasteiger partial charge in [-0.3, -0.25) is 4.90 Å². The van der Waals surface area contributed by atoms with E-state index in [-0.39, 0.29) is 29.0 Å². The second-order valence-electron chi connectivity index (χ2n) is 10.7. The first kappa shape index (κ1) is 15.7. The summed E-state index contributed by atoms with van der Waals surface area (Å²) in [7, 11) is 0. The van der Waals surface area contributed by atoms with Gasteiger partial charge >= 0.3 is 0 Å². The molecule has 3 heteroatoms. The highest BCUT2D eigenvalue weighted by atomic mass is 16.3. The van der Waals surface area contributed by atoms with Crippen molar-refractivity contribution in [2.45, 2.75) is 70.6 Å². The van der Waals surface area contributed by atoms with Crippen LogP contribution >= 0.6 is 0 Å². The van der Waals surface area contributed by atoms with E-state index in [9.17, 15) is 10.2 Å². The predicted octanol–water partition coefficient (Wildman–Crippen LogP) is 2.82. The van der Waals surface area contributed by atoms with Crippen LogP contribution in [0.2, 0.25) is 0 Å². The monoisotopic (exact) mass is 343 g/mol. The molecule has 6 saturated carbocycles. The molecule has 6 aliphatic carbocycles. The highest BCUT2D eigenvalue weighted by Gasteiger charge is 2.84. The maximum Gasteiger partial charge on any atom is 0.0814 e. The van der Waals surface area contributed by atoms with Gasteiger partial charge in [0.1, 0.15) is 0 Å². The molecule has 2 N–H and O–H groups in total. The van der Waals surface area contributed by atoms with Crippen molar-refractivity contribution < 1.29 is 10.2 Å². The van der Waals surface area contributed by atoms with Gasteiger partial charge in [0.05, 0.1) is 12.2 Å². The zero-order valence-electron chi connectivity index (χ0n) is 15.7. The smallest absolute Gasteiger partial charge is 0.0814 e. The zero-order chi connectivity index (χ0) is 17.4. The first-order chi connectivity index (χ1) is 11.9. The molecule has 1 heterocycles. The topological polar surface area (TPSA) is 43.7 Å². The average molecular weight is 344 g/mol. The van der Waals surface area contributed by atoms with Crippen LogP contribution in [0, 0.1) is 39.9 Å². The van der Waals surface area contributed by atoms with Crippen molar-refractivity contribution in [3.05, 3.63) is 12.2 Å². The molecule has 0 radical (unpaired) electrons. The summed E-state index contributed by atoms with van der Waals surface area (Å²) in [6.07, 6.45) is 6.75. The van der Waals surface area contributed by atoms with E-state index in [0.29, 0.717) is 23.3 Å². The molecule has 1 aliphatic heterocycles. The molecule has 7 aliphatic rings. The van der Waals surface area contributed by atoms with Crippen LogP contribution in [0.15, 0.2) is 12.2 Å². The number of piperidine rings is 1. The molecule has 2 spiro atoms. The van der Waals surface area contributed by atoms with Gasteiger partial charge in [0.15, 0.2) is 0 Å². The fourth-order valence-electron chi connectivity index (χ4n) is 10.1. The number of rotatable bonds is 1. The van der Waals surface area contributed by atoms with Crippen molar-refractivity contribution in [1.29, 1.82) is 0 Å². The molecule has 3 nitrogen and oxygen atoms in total. The Kier molecular flexibility index (Phi) is 2.73. The van der Waals surface area contributed by atoms with Crippen molar-refractivity contribution in [3.63, 3.8) is 0 Å². The van der Waals surface area contributed by atoms with Crippen LogP contribution in [-0.4, -0.2) is 46.5 Å². The van der Waals surface area contributed by atoms with E-state index >= 15 is 0 Å². The molecule has 0 aromatic rings. The Morgan fingerprint density at radius 1 is 1.20 bits per heavy atom. The van der Waals surface area contributed by atoms with Crippen molar-refractivity contribution >= 4 is 0 Å². The highest BCUT2D eigenvalue weighted by Crippen LogP contribution is 2.83. The maximum atomic E-state index is 11.5. The van der Waals surface area contributed by atoms with Crippen molar-refractivity contribution in [3.8, 4) is 0 Å². The quantitative estimate of drug-likeness (QED) is 0.720. The Bertz CT molecular complexity index is 662. The Morgan fingerprint density at radius 2 is 2.00 bits per heavy atom. The zero-order valence-corrected chi connectivity index (χ0v) is 15.7. The molecule has 1 saturated heterocycles. The molecule has 138 valence electrons. The SMILES string of the molecule is C=C1C2CCC3(C4C[C@H]5C6(CCC[C@@]5(C)CN(CC)C46)C3C2O)[C@@H]1O. The van der Waals surface area contributed by atoms with Crippen LogP contribution in [0.25, 0.3) is 0 Å². The van der Waals surface area contributed by atoms with E-state index in [1.807, 2.05) is 0 Å². The van der Waals surface area contributed by atoms with Gasteiger partial charge in [-0.05, 0) is 66.9 Å². The number of aliphatic hydroxyl groups excluding tert-OH is 2. The molecule has 0 aromatic heterocycles. The van der Waals surface area contributed by atoms with E-state index in [0.717, 1.165) is 30.9 Å². The number of likely N-dealkylation sites (tertiary alicyclic amines) is 1. The van der Waals surface area contributed by atoms with Crippen LogP contribution in [0.5, 0.6) is 0 Å². The number of hydrogen-bond donors (Lipinski definition) is 2. The summed E-state index contributed by atoms with van der Waals surface area (Å²) in [5.41, 5.74) is 1.54. The standard InChI is InChI=1S/C22H33NO2/c1-4-23-11-20(3)7-5-8-22-15(20)10-14(18(22)23)21-9-6-13(12(2)19(21)25)16(24)17(21)22/h13-19,24-25H,2,4-11H2,1,3H3/t13?,14?,15-,16?,17?,18?,19-,20+,21?,22?/m1/s1. The predicted molar refractivity (Wildman–Crippen MR) is 96.8 cm³/mol. The first-order valence-electron chi connectivity index (χ1n) is 10.7. The summed E-state index contributed by atoms with van der Waals surface area (Å²) in [5.74, 6) is 1.77. The highest BCUT2D eigenvalue weighted by molar-refractivity contribution is 5.38. The van der Waals surface area contributed by atoms with E-state index in [1.165, 1.54) is 32.2 Å². The van der Waals surface area contributed by atoms with Crippen molar-refractivity contribution in [2.24, 2.45) is 39.9 Å². The maximum absolute atomic E-state index is 11.5. The fraction of sp³-hybridized carbons (Fsp3) is 0.909. The average Bonchev–Trinajstić information content (AvgIpc) is 2.99. The summed E-state index contributed by atoms with van der Waals surface area (Å²) in [6, 6.07) is 0.592. The third-order valence-corrected chi connectivity index (χ3v) is 10.5. The second kappa shape index (κ2) is 4.36. The lowest BCUT2D eigenvalue weighted by Gasteiger charge is -2.68. The Morgan fingerprint density at radius 3 is 2.76 bits per heavy atom. The first-order valence-corrected chi connectivity index (χ1v) is 10.7. The number of hydrogen-bond acceptors (Lipinski definition) is 3. The van der Waals surface area contributed by atoms with Crippen LogP contribution < -0.4 is 0 Å². The molecule has 7 bridgehead atoms. The molecule has 0 aromatic carbocycles. The normalized spacial score (nSPS) is 64.6. The van der Waals surface area contributed by atoms with E-state index in [4.69, 9.17) is 0 Å². The molecule has 0 amide bonds. The lowest BCUT2D eigenvalue weighted by molar-refractivity contribution is -0.227. The minimum Gasteiger partial charge on any atom is -0.392 e. The number of fused-ring (bicyclic) bond motifs is 2. The molecule has 10 atom stereocenters. The molecule has 25 heavy (non-hydrogen) atoms. The van der Waals surface area contributed by atoms with Gasteiger partial charge in [0.2, 0.25) is 0 Å². The Hall–Kier alpha value is -0.380. The minimum atomic E-state index is -0.377. The lowest BCUT2D eigenvalue weighted by atomic mass is 9.39. The van der Waals surface area contributed by atoms with Crippen LogP contribution in [0.4, 0.5) is 0 Å². The van der Waals surface area contributed by atoms with Gasteiger partial charge in [-0.25, -0.2) is 0 Å². The fourth-order valence-corrected chi connectivity index (χ4v) is 10.1. The van der Waals surface area contributed by atoms with Crippen LogP contribution in [0.3, 0.4) is 0 Å². The largest absolute Gasteiger partial charge is 0.392 e. The molecule has 7 unspecified atom stereocenters. The molecular formula is C22H33NO2. The number of aliphatic hydroxyl groups is 2. The van der Waals surface area contributed by atoms with Gasteiger partial charge in [0.25, 0.3) is 0 Å². The number of nitrogens with zero attached hydrogens (tertiary/aromatic N) is 1. The third kappa shape index (κ3) is 1.34. The second-order valence-corrected chi connectivity index (χ2v) is 10.7. The van der Waals surface area contributed by atoms with Crippen LogP contribution in [-0.2, 0) is 0 Å². The van der Waals surface area contributed by atoms with Gasteiger partial charge in [-0.15, -0.1) is 0 Å². The van der Waals surface area contributed by atoms with E-state index in [1.54, 1.807) is 0 Å². The summed E-state index contributed by atoms with van der Waals surface area (Å²) < 4.78 is 0. The van der Waals surface area contributed by atoms with Gasteiger partial charge in [-0.2, -0.15) is 0 Å². The summed E-state index contributed by atoms with van der Waals surface area (Å²) in [4.78, 5) is 2.77. The van der Waals surface area contributed by atoms with Gasteiger partial charge in [-0.1, -0.05) is 26.8 Å². The minimum absolute atomic E-state index is 0.0809. The summed E-state index contributed by atoms with van der Waals surface area (Å²) in [5, 5.41) is 22.9. The lowest BCUT2D eigenvalue weighted by Crippen LogP contribution is -2.69. The summed E-state index contributed by atoms with van der Waals surface area (Å²) in [6.45, 7) is 11.5. The van der Waals surface area contributed by atoms with Gasteiger partial charge < -0.3 is 10.2 Å². The molecule has 7 fully saturated rings. The van der Waals surface area contributed by atoms with E-state index in [2.05, 4.69) is 25.3 Å². The Balaban J connectivity index is 1.60. The van der Waals surface area contributed by atoms with Crippen molar-refractivity contribution in [2.75, 3.05) is 13.1 Å². The molecular weight excluding hydrogens is 310 g/mol. The third-order valence-electron chi connectivity index (χ3n) is 10.5. The molecule has 7 rings (SSSR count). The van der Waals surface area contributed by atoms with Gasteiger partial charge in [0, 0.05) is 29.8 Å². The van der Waals surface area contributed by atoms with E-state index < -0.39 is 0 Å². The van der Waals surface area contributed by atoms with Crippen molar-refractivity contribution in [1.82, 2.24) is 4.90 Å². The van der Waals surface area contributed by atoms with Crippen LogP contribution in [0.1, 0.15) is 52.4 Å².